The fourth-order valence-electron chi connectivity index (χ4n) is 1.74. The highest BCUT2D eigenvalue weighted by Gasteiger charge is 2.32. The van der Waals surface area contributed by atoms with Crippen LogP contribution >= 0.6 is 0 Å². The highest BCUT2D eigenvalue weighted by Crippen LogP contribution is 2.30. The molecule has 0 saturated carbocycles. The molecular formula is C10H9F3N2O2. The Balaban J connectivity index is 2.32. The minimum Gasteiger partial charge on any atom is -0.465 e. The molecule has 7 heteroatoms. The number of halogens is 3. The van der Waals surface area contributed by atoms with Crippen LogP contribution in [0.5, 0.6) is 0 Å². The second-order valence-corrected chi connectivity index (χ2v) is 3.78. The zero-order valence-electron chi connectivity index (χ0n) is 8.66. The van der Waals surface area contributed by atoms with Crippen molar-refractivity contribution in [3.63, 3.8) is 0 Å². The summed E-state index contributed by atoms with van der Waals surface area (Å²) >= 11 is 0. The summed E-state index contributed by atoms with van der Waals surface area (Å²) in [5.41, 5.74) is 0.0208. The van der Waals surface area contributed by atoms with Crippen molar-refractivity contribution in [3.05, 3.63) is 29.1 Å². The number of nitrogens with zero attached hydrogens (tertiary/aromatic N) is 2. The van der Waals surface area contributed by atoms with Crippen LogP contribution in [0.1, 0.15) is 16.8 Å². The van der Waals surface area contributed by atoms with E-state index in [0.29, 0.717) is 17.7 Å². The zero-order chi connectivity index (χ0) is 12.6. The molecule has 2 heterocycles. The Labute approximate surface area is 94.7 Å². The smallest absolute Gasteiger partial charge is 0.417 e. The summed E-state index contributed by atoms with van der Waals surface area (Å²) in [7, 11) is 0. The van der Waals surface area contributed by atoms with E-state index in [1.54, 1.807) is 0 Å². The Morgan fingerprint density at radius 2 is 2.18 bits per heavy atom. The molecule has 92 valence electrons. The summed E-state index contributed by atoms with van der Waals surface area (Å²) in [5.74, 6) is 0. The van der Waals surface area contributed by atoms with Crippen molar-refractivity contribution in [2.75, 3.05) is 6.54 Å². The lowest BCUT2D eigenvalue weighted by atomic mass is 10.0. The van der Waals surface area contributed by atoms with Gasteiger partial charge in [-0.15, -0.1) is 0 Å². The van der Waals surface area contributed by atoms with Crippen molar-refractivity contribution < 1.29 is 23.1 Å². The Morgan fingerprint density at radius 3 is 2.76 bits per heavy atom. The first-order chi connectivity index (χ1) is 7.88. The van der Waals surface area contributed by atoms with Gasteiger partial charge in [-0.1, -0.05) is 0 Å². The molecule has 0 unspecified atom stereocenters. The fourth-order valence-corrected chi connectivity index (χ4v) is 1.74. The van der Waals surface area contributed by atoms with Gasteiger partial charge in [-0.25, -0.2) is 4.79 Å². The maximum absolute atomic E-state index is 12.4. The third kappa shape index (κ3) is 2.32. The molecule has 0 spiro atoms. The molecule has 1 amide bonds. The van der Waals surface area contributed by atoms with Gasteiger partial charge in [-0.05, 0) is 11.6 Å². The van der Waals surface area contributed by atoms with Crippen LogP contribution in [-0.4, -0.2) is 27.6 Å². The number of carboxylic acid groups (broad SMARTS) is 1. The predicted molar refractivity (Wildman–Crippen MR) is 51.4 cm³/mol. The average molecular weight is 246 g/mol. The van der Waals surface area contributed by atoms with Gasteiger partial charge in [0.15, 0.2) is 0 Å². The van der Waals surface area contributed by atoms with E-state index in [9.17, 15) is 18.0 Å². The average Bonchev–Trinajstić information content (AvgIpc) is 2.26. The number of hydrogen-bond acceptors (Lipinski definition) is 2. The maximum Gasteiger partial charge on any atom is 0.417 e. The van der Waals surface area contributed by atoms with E-state index in [0.717, 1.165) is 17.2 Å². The molecule has 1 aromatic rings. The van der Waals surface area contributed by atoms with Crippen LogP contribution in [0.25, 0.3) is 0 Å². The Morgan fingerprint density at radius 1 is 1.47 bits per heavy atom. The molecular weight excluding hydrogens is 237 g/mol. The van der Waals surface area contributed by atoms with Gasteiger partial charge in [0, 0.05) is 24.9 Å². The van der Waals surface area contributed by atoms with E-state index >= 15 is 0 Å². The molecule has 0 aliphatic carbocycles. The van der Waals surface area contributed by atoms with Gasteiger partial charge in [0.2, 0.25) is 0 Å². The largest absolute Gasteiger partial charge is 0.465 e. The molecule has 0 saturated heterocycles. The number of aromatic nitrogens is 1. The summed E-state index contributed by atoms with van der Waals surface area (Å²) in [6.07, 6.45) is -4.45. The van der Waals surface area contributed by atoms with E-state index in [1.807, 2.05) is 0 Å². The van der Waals surface area contributed by atoms with E-state index in [2.05, 4.69) is 4.98 Å². The molecule has 1 aliphatic rings. The van der Waals surface area contributed by atoms with Crippen molar-refractivity contribution in [1.82, 2.24) is 9.88 Å². The number of fused-ring (bicyclic) bond motifs is 1. The lowest BCUT2D eigenvalue weighted by molar-refractivity contribution is -0.137. The highest BCUT2D eigenvalue weighted by molar-refractivity contribution is 5.65. The van der Waals surface area contributed by atoms with Crippen LogP contribution in [0, 0.1) is 0 Å². The van der Waals surface area contributed by atoms with Crippen LogP contribution in [0.2, 0.25) is 0 Å². The lowest BCUT2D eigenvalue weighted by Crippen LogP contribution is -2.35. The summed E-state index contributed by atoms with van der Waals surface area (Å²) < 4.78 is 37.3. The van der Waals surface area contributed by atoms with Gasteiger partial charge in [0.25, 0.3) is 0 Å². The van der Waals surface area contributed by atoms with E-state index in [4.69, 9.17) is 5.11 Å². The minimum absolute atomic E-state index is 0.0401. The first-order valence-corrected chi connectivity index (χ1v) is 4.91. The summed E-state index contributed by atoms with van der Waals surface area (Å²) in [6.45, 7) is 0.224. The number of hydrogen-bond donors (Lipinski definition) is 1. The molecule has 0 fully saturated rings. The Hall–Kier alpha value is -1.79. The van der Waals surface area contributed by atoms with E-state index < -0.39 is 17.8 Å². The molecule has 1 aromatic heterocycles. The van der Waals surface area contributed by atoms with Crippen LogP contribution in [0.4, 0.5) is 18.0 Å². The van der Waals surface area contributed by atoms with Crippen molar-refractivity contribution in [2.45, 2.75) is 19.1 Å². The SMILES string of the molecule is O=C(O)N1CCc2ncc(C(F)(F)F)cc2C1. The maximum atomic E-state index is 12.4. The Kier molecular flexibility index (Phi) is 2.68. The van der Waals surface area contributed by atoms with E-state index in [-0.39, 0.29) is 13.1 Å². The predicted octanol–water partition coefficient (Wildman–Crippen LogP) is 2.14. The molecule has 0 aromatic carbocycles. The van der Waals surface area contributed by atoms with Crippen molar-refractivity contribution in [1.29, 1.82) is 0 Å². The third-order valence-electron chi connectivity index (χ3n) is 2.64. The molecule has 4 nitrogen and oxygen atoms in total. The van der Waals surface area contributed by atoms with Gasteiger partial charge in [-0.2, -0.15) is 13.2 Å². The van der Waals surface area contributed by atoms with Crippen LogP contribution < -0.4 is 0 Å². The molecule has 17 heavy (non-hydrogen) atoms. The zero-order valence-corrected chi connectivity index (χ0v) is 8.66. The lowest BCUT2D eigenvalue weighted by Gasteiger charge is -2.26. The normalized spacial score (nSPS) is 15.6. The van der Waals surface area contributed by atoms with E-state index in [1.165, 1.54) is 0 Å². The Bertz CT molecular complexity index is 459. The molecule has 2 rings (SSSR count). The fraction of sp³-hybridized carbons (Fsp3) is 0.400. The first-order valence-electron chi connectivity index (χ1n) is 4.91. The minimum atomic E-state index is -4.45. The van der Waals surface area contributed by atoms with Crippen molar-refractivity contribution in [3.8, 4) is 0 Å². The number of alkyl halides is 3. The van der Waals surface area contributed by atoms with Crippen LogP contribution in [0.3, 0.4) is 0 Å². The standard InChI is InChI=1S/C10H9F3N2O2/c11-10(12,13)7-3-6-5-15(9(16)17)2-1-8(6)14-4-7/h3-4H,1-2,5H2,(H,16,17). The van der Waals surface area contributed by atoms with Gasteiger partial charge < -0.3 is 10.0 Å². The van der Waals surface area contributed by atoms with Crippen molar-refractivity contribution >= 4 is 6.09 Å². The molecule has 1 N–H and O–H groups in total. The molecule has 1 aliphatic heterocycles. The number of rotatable bonds is 0. The second kappa shape index (κ2) is 3.90. The van der Waals surface area contributed by atoms with Crippen LogP contribution in [0.15, 0.2) is 12.3 Å². The molecule has 0 bridgehead atoms. The quantitative estimate of drug-likeness (QED) is 0.763. The number of pyridine rings is 1. The second-order valence-electron chi connectivity index (χ2n) is 3.78. The van der Waals surface area contributed by atoms with Gasteiger partial charge in [-0.3, -0.25) is 4.98 Å². The first kappa shape index (κ1) is 11.7. The summed E-state index contributed by atoms with van der Waals surface area (Å²) in [5, 5.41) is 8.78. The summed E-state index contributed by atoms with van der Waals surface area (Å²) in [6, 6.07) is 0.970. The third-order valence-corrected chi connectivity index (χ3v) is 2.64. The number of amides is 1. The van der Waals surface area contributed by atoms with Crippen molar-refractivity contribution in [2.24, 2.45) is 0 Å². The van der Waals surface area contributed by atoms with Gasteiger partial charge >= 0.3 is 12.3 Å². The van der Waals surface area contributed by atoms with Gasteiger partial charge in [0.1, 0.15) is 0 Å². The van der Waals surface area contributed by atoms with Gasteiger partial charge in [0.05, 0.1) is 12.1 Å². The summed E-state index contributed by atoms with van der Waals surface area (Å²) in [4.78, 5) is 15.5. The molecule has 0 radical (unpaired) electrons. The van der Waals surface area contributed by atoms with Crippen LogP contribution in [-0.2, 0) is 19.1 Å². The number of carbonyl (C=O) groups is 1. The highest BCUT2D eigenvalue weighted by atomic mass is 19.4. The topological polar surface area (TPSA) is 53.4 Å². The monoisotopic (exact) mass is 246 g/mol. The molecule has 0 atom stereocenters.